The van der Waals surface area contributed by atoms with Crippen LogP contribution in [0.4, 0.5) is 5.82 Å². The minimum atomic E-state index is -0.965. The fraction of sp³-hybridized carbons (Fsp3) is 0.467. The van der Waals surface area contributed by atoms with Crippen LogP contribution in [0.1, 0.15) is 29.8 Å². The number of aromatic carboxylic acids is 1. The molecule has 21 heavy (non-hydrogen) atoms. The van der Waals surface area contributed by atoms with E-state index in [1.54, 1.807) is 16.7 Å². The molecule has 112 valence electrons. The van der Waals surface area contributed by atoms with Crippen LogP contribution in [0.5, 0.6) is 0 Å². The quantitative estimate of drug-likeness (QED) is 0.899. The Kier molecular flexibility index (Phi) is 3.79. The molecule has 0 saturated carbocycles. The number of fused-ring (bicyclic) bond motifs is 1. The highest BCUT2D eigenvalue weighted by molar-refractivity contribution is 5.92. The lowest BCUT2D eigenvalue weighted by Gasteiger charge is -2.32. The third kappa shape index (κ3) is 2.71. The van der Waals surface area contributed by atoms with E-state index in [-0.39, 0.29) is 5.69 Å². The standard InChI is InChI=1S/C15H20N4O2/c1-18-8-4-2-6-11(18)10-16-14-13(15(20)21)19-9-5-3-7-12(19)17-14/h3,5,7,9,11,16H,2,4,6,8,10H2,1H3,(H,20,21). The minimum absolute atomic E-state index is 0.198. The predicted octanol–water partition coefficient (Wildman–Crippen LogP) is 1.93. The number of anilines is 1. The minimum Gasteiger partial charge on any atom is -0.476 e. The van der Waals surface area contributed by atoms with Gasteiger partial charge in [0.2, 0.25) is 0 Å². The molecule has 0 bridgehead atoms. The van der Waals surface area contributed by atoms with E-state index in [1.807, 2.05) is 12.1 Å². The monoisotopic (exact) mass is 288 g/mol. The third-order valence-electron chi connectivity index (χ3n) is 4.16. The summed E-state index contributed by atoms with van der Waals surface area (Å²) in [6.45, 7) is 1.82. The van der Waals surface area contributed by atoms with Gasteiger partial charge in [-0.2, -0.15) is 0 Å². The topological polar surface area (TPSA) is 69.9 Å². The zero-order chi connectivity index (χ0) is 14.8. The fourth-order valence-electron chi connectivity index (χ4n) is 2.94. The number of nitrogens with one attached hydrogen (secondary N) is 1. The lowest BCUT2D eigenvalue weighted by Crippen LogP contribution is -2.40. The largest absolute Gasteiger partial charge is 0.476 e. The summed E-state index contributed by atoms with van der Waals surface area (Å²) in [6, 6.07) is 5.90. The van der Waals surface area contributed by atoms with Crippen LogP contribution in [0.3, 0.4) is 0 Å². The van der Waals surface area contributed by atoms with Gasteiger partial charge in [0.1, 0.15) is 5.65 Å². The fourth-order valence-corrected chi connectivity index (χ4v) is 2.94. The molecule has 1 saturated heterocycles. The third-order valence-corrected chi connectivity index (χ3v) is 4.16. The Morgan fingerprint density at radius 1 is 1.48 bits per heavy atom. The first-order valence-electron chi connectivity index (χ1n) is 7.31. The van der Waals surface area contributed by atoms with Crippen LogP contribution in [0.2, 0.25) is 0 Å². The molecule has 1 unspecified atom stereocenters. The van der Waals surface area contributed by atoms with Crippen LogP contribution in [0.25, 0.3) is 5.65 Å². The molecule has 6 nitrogen and oxygen atoms in total. The number of hydrogen-bond donors (Lipinski definition) is 2. The number of carbonyl (C=O) groups is 1. The molecule has 1 aliphatic heterocycles. The molecule has 3 rings (SSSR count). The number of imidazole rings is 1. The van der Waals surface area contributed by atoms with E-state index in [1.165, 1.54) is 12.8 Å². The number of nitrogens with zero attached hydrogens (tertiary/aromatic N) is 3. The van der Waals surface area contributed by atoms with Gasteiger partial charge in [0.05, 0.1) is 0 Å². The summed E-state index contributed by atoms with van der Waals surface area (Å²) >= 11 is 0. The van der Waals surface area contributed by atoms with Gasteiger partial charge in [-0.05, 0) is 38.6 Å². The summed E-state index contributed by atoms with van der Waals surface area (Å²) in [7, 11) is 2.12. The maximum absolute atomic E-state index is 11.5. The second-order valence-electron chi connectivity index (χ2n) is 5.55. The van der Waals surface area contributed by atoms with Crippen LogP contribution in [-0.2, 0) is 0 Å². The summed E-state index contributed by atoms with van der Waals surface area (Å²) in [5.74, 6) is -0.513. The molecule has 0 spiro atoms. The lowest BCUT2D eigenvalue weighted by atomic mass is 10.0. The highest BCUT2D eigenvalue weighted by Gasteiger charge is 2.22. The van der Waals surface area contributed by atoms with Crippen molar-refractivity contribution in [3.63, 3.8) is 0 Å². The van der Waals surface area contributed by atoms with Crippen LogP contribution in [-0.4, -0.2) is 51.5 Å². The van der Waals surface area contributed by atoms with Crippen molar-refractivity contribution in [3.8, 4) is 0 Å². The second kappa shape index (κ2) is 5.73. The van der Waals surface area contributed by atoms with Crippen molar-refractivity contribution in [3.05, 3.63) is 30.1 Å². The van der Waals surface area contributed by atoms with Crippen molar-refractivity contribution in [2.24, 2.45) is 0 Å². The van der Waals surface area contributed by atoms with Gasteiger partial charge in [-0.15, -0.1) is 0 Å². The summed E-state index contributed by atoms with van der Waals surface area (Å²) in [5.41, 5.74) is 0.846. The molecule has 2 aromatic rings. The first kappa shape index (κ1) is 13.9. The van der Waals surface area contributed by atoms with Gasteiger partial charge >= 0.3 is 5.97 Å². The Bertz CT molecular complexity index is 652. The zero-order valence-corrected chi connectivity index (χ0v) is 12.1. The number of aromatic nitrogens is 2. The Hall–Kier alpha value is -2.08. The van der Waals surface area contributed by atoms with Gasteiger partial charge in [-0.3, -0.25) is 4.40 Å². The lowest BCUT2D eigenvalue weighted by molar-refractivity contribution is 0.0690. The van der Waals surface area contributed by atoms with Gasteiger partial charge in [-0.1, -0.05) is 12.5 Å². The van der Waals surface area contributed by atoms with Crippen molar-refractivity contribution in [2.45, 2.75) is 25.3 Å². The van der Waals surface area contributed by atoms with Crippen LogP contribution >= 0.6 is 0 Å². The van der Waals surface area contributed by atoms with E-state index in [9.17, 15) is 9.90 Å². The molecule has 6 heteroatoms. The van der Waals surface area contributed by atoms with Crippen molar-refractivity contribution in [1.82, 2.24) is 14.3 Å². The number of rotatable bonds is 4. The van der Waals surface area contributed by atoms with Crippen LogP contribution in [0, 0.1) is 0 Å². The van der Waals surface area contributed by atoms with Gasteiger partial charge in [-0.25, -0.2) is 9.78 Å². The highest BCUT2D eigenvalue weighted by atomic mass is 16.4. The van der Waals surface area contributed by atoms with E-state index in [0.29, 0.717) is 17.5 Å². The van der Waals surface area contributed by atoms with E-state index < -0.39 is 5.97 Å². The Balaban J connectivity index is 1.83. The maximum atomic E-state index is 11.5. The van der Waals surface area contributed by atoms with Gasteiger partial charge in [0, 0.05) is 18.8 Å². The van der Waals surface area contributed by atoms with Crippen LogP contribution < -0.4 is 5.32 Å². The number of hydrogen-bond acceptors (Lipinski definition) is 4. The average molecular weight is 288 g/mol. The molecular formula is C15H20N4O2. The maximum Gasteiger partial charge on any atom is 0.356 e. The molecular weight excluding hydrogens is 268 g/mol. The van der Waals surface area contributed by atoms with Crippen LogP contribution in [0.15, 0.2) is 24.4 Å². The zero-order valence-electron chi connectivity index (χ0n) is 12.1. The molecule has 0 amide bonds. The smallest absolute Gasteiger partial charge is 0.356 e. The molecule has 2 aromatic heterocycles. The number of carboxylic acids is 1. The summed E-state index contributed by atoms with van der Waals surface area (Å²) in [5, 5.41) is 12.7. The molecule has 3 heterocycles. The number of likely N-dealkylation sites (tertiary alicyclic amines) is 1. The van der Waals surface area contributed by atoms with Crippen molar-refractivity contribution in [2.75, 3.05) is 25.5 Å². The van der Waals surface area contributed by atoms with E-state index in [4.69, 9.17) is 0 Å². The Labute approximate surface area is 123 Å². The summed E-state index contributed by atoms with van der Waals surface area (Å²) in [6.07, 6.45) is 5.33. The van der Waals surface area contributed by atoms with Gasteiger partial charge in [0.15, 0.2) is 11.5 Å². The molecule has 0 aromatic carbocycles. The first-order valence-corrected chi connectivity index (χ1v) is 7.31. The second-order valence-corrected chi connectivity index (χ2v) is 5.55. The number of carboxylic acid groups (broad SMARTS) is 1. The first-order chi connectivity index (χ1) is 10.2. The van der Waals surface area contributed by atoms with E-state index in [0.717, 1.165) is 19.5 Å². The number of pyridine rings is 1. The number of likely N-dealkylation sites (N-methyl/N-ethyl adjacent to an activating group) is 1. The molecule has 1 aliphatic rings. The molecule has 2 N–H and O–H groups in total. The summed E-state index contributed by atoms with van der Waals surface area (Å²) < 4.78 is 1.61. The predicted molar refractivity (Wildman–Crippen MR) is 80.9 cm³/mol. The normalized spacial score (nSPS) is 19.8. The van der Waals surface area contributed by atoms with E-state index in [2.05, 4.69) is 22.2 Å². The van der Waals surface area contributed by atoms with Gasteiger partial charge in [0.25, 0.3) is 0 Å². The molecule has 0 radical (unpaired) electrons. The Morgan fingerprint density at radius 3 is 3.10 bits per heavy atom. The molecule has 0 aliphatic carbocycles. The summed E-state index contributed by atoms with van der Waals surface area (Å²) in [4.78, 5) is 18.2. The van der Waals surface area contributed by atoms with Crippen molar-refractivity contribution < 1.29 is 9.90 Å². The van der Waals surface area contributed by atoms with Gasteiger partial charge < -0.3 is 15.3 Å². The molecule has 1 atom stereocenters. The van der Waals surface area contributed by atoms with Crippen molar-refractivity contribution >= 4 is 17.4 Å². The number of piperidine rings is 1. The highest BCUT2D eigenvalue weighted by Crippen LogP contribution is 2.20. The molecule has 1 fully saturated rings. The Morgan fingerprint density at radius 2 is 2.33 bits per heavy atom. The average Bonchev–Trinajstić information content (AvgIpc) is 2.85. The van der Waals surface area contributed by atoms with Crippen molar-refractivity contribution in [1.29, 1.82) is 0 Å². The SMILES string of the molecule is CN1CCCCC1CNc1nc2ccccn2c1C(=O)O. The van der Waals surface area contributed by atoms with E-state index >= 15 is 0 Å².